The van der Waals surface area contributed by atoms with Gasteiger partial charge in [-0.05, 0) is 43.2 Å². The standard InChI is InChI=1S/C22H20ClF3N4O2/c1-32-18-5-4-17(15-3-2-8-27-19(15)18)29-21(31)13-6-9-30(10-7-13)20-16(23)11-14(12-28-20)22(24,25)26/h2-5,8,11-13H,6-7,9-10H2,1H3,(H,29,31). The summed E-state index contributed by atoms with van der Waals surface area (Å²) in [5.74, 6) is 0.554. The summed E-state index contributed by atoms with van der Waals surface area (Å²) < 4.78 is 43.8. The predicted octanol–water partition coefficient (Wildman–Crippen LogP) is 5.17. The molecule has 32 heavy (non-hydrogen) atoms. The molecule has 4 rings (SSSR count). The number of halogens is 4. The van der Waals surface area contributed by atoms with E-state index in [4.69, 9.17) is 16.3 Å². The van der Waals surface area contributed by atoms with E-state index in [1.165, 1.54) is 0 Å². The van der Waals surface area contributed by atoms with Crippen molar-refractivity contribution in [1.29, 1.82) is 0 Å². The first kappa shape index (κ1) is 22.1. The van der Waals surface area contributed by atoms with Gasteiger partial charge in [-0.25, -0.2) is 4.98 Å². The van der Waals surface area contributed by atoms with Gasteiger partial charge in [-0.1, -0.05) is 11.6 Å². The third-order valence-corrected chi connectivity index (χ3v) is 5.80. The average Bonchev–Trinajstić information content (AvgIpc) is 2.79. The highest BCUT2D eigenvalue weighted by Gasteiger charge is 2.33. The molecule has 2 aromatic heterocycles. The van der Waals surface area contributed by atoms with Gasteiger partial charge in [-0.3, -0.25) is 9.78 Å². The SMILES string of the molecule is COc1ccc(NC(=O)C2CCN(c3ncc(C(F)(F)F)cc3Cl)CC2)c2cccnc12. The van der Waals surface area contributed by atoms with Gasteiger partial charge >= 0.3 is 6.18 Å². The molecule has 0 radical (unpaired) electrons. The Bertz CT molecular complexity index is 1150. The Morgan fingerprint density at radius 3 is 2.62 bits per heavy atom. The lowest BCUT2D eigenvalue weighted by Gasteiger charge is -2.32. The number of aromatic nitrogens is 2. The molecule has 1 saturated heterocycles. The third-order valence-electron chi connectivity index (χ3n) is 5.52. The molecule has 1 fully saturated rings. The van der Waals surface area contributed by atoms with Gasteiger partial charge in [-0.15, -0.1) is 0 Å². The van der Waals surface area contributed by atoms with Crippen LogP contribution >= 0.6 is 11.6 Å². The molecule has 3 heterocycles. The highest BCUT2D eigenvalue weighted by molar-refractivity contribution is 6.33. The van der Waals surface area contributed by atoms with E-state index in [0.29, 0.717) is 48.7 Å². The fourth-order valence-corrected chi connectivity index (χ4v) is 4.11. The van der Waals surface area contributed by atoms with E-state index in [1.54, 1.807) is 36.4 Å². The quantitative estimate of drug-likeness (QED) is 0.577. The number of nitrogens with zero attached hydrogens (tertiary/aromatic N) is 3. The number of rotatable bonds is 4. The van der Waals surface area contributed by atoms with E-state index < -0.39 is 11.7 Å². The molecule has 1 aromatic carbocycles. The van der Waals surface area contributed by atoms with Crippen LogP contribution in [0.25, 0.3) is 10.9 Å². The Morgan fingerprint density at radius 2 is 1.97 bits per heavy atom. The summed E-state index contributed by atoms with van der Waals surface area (Å²) in [6, 6.07) is 8.07. The van der Waals surface area contributed by atoms with Gasteiger partial charge in [0, 0.05) is 36.8 Å². The second-order valence-corrected chi connectivity index (χ2v) is 7.90. The van der Waals surface area contributed by atoms with Gasteiger partial charge in [0.15, 0.2) is 0 Å². The lowest BCUT2D eigenvalue weighted by molar-refractivity contribution is -0.137. The minimum Gasteiger partial charge on any atom is -0.494 e. The number of benzene rings is 1. The Kier molecular flexibility index (Phi) is 6.10. The minimum atomic E-state index is -4.50. The van der Waals surface area contributed by atoms with Crippen LogP contribution in [-0.4, -0.2) is 36.1 Å². The van der Waals surface area contributed by atoms with Crippen molar-refractivity contribution in [2.24, 2.45) is 5.92 Å². The fourth-order valence-electron chi connectivity index (χ4n) is 3.83. The second-order valence-electron chi connectivity index (χ2n) is 7.49. The molecule has 0 spiro atoms. The topological polar surface area (TPSA) is 67.3 Å². The zero-order valence-electron chi connectivity index (χ0n) is 17.1. The molecule has 1 N–H and O–H groups in total. The average molecular weight is 465 g/mol. The minimum absolute atomic E-state index is 0.0556. The van der Waals surface area contributed by atoms with E-state index in [9.17, 15) is 18.0 Å². The highest BCUT2D eigenvalue weighted by atomic mass is 35.5. The number of methoxy groups -OCH3 is 1. The number of pyridine rings is 2. The number of piperidine rings is 1. The fraction of sp³-hybridized carbons (Fsp3) is 0.318. The number of alkyl halides is 3. The number of ether oxygens (including phenoxy) is 1. The number of carbonyl (C=O) groups is 1. The number of amides is 1. The Morgan fingerprint density at radius 1 is 1.22 bits per heavy atom. The van der Waals surface area contributed by atoms with Crippen molar-refractivity contribution in [2.45, 2.75) is 19.0 Å². The van der Waals surface area contributed by atoms with Crippen LogP contribution in [0.5, 0.6) is 5.75 Å². The third kappa shape index (κ3) is 4.43. The number of fused-ring (bicyclic) bond motifs is 1. The first-order valence-electron chi connectivity index (χ1n) is 9.98. The van der Waals surface area contributed by atoms with Crippen LogP contribution in [0.4, 0.5) is 24.7 Å². The van der Waals surface area contributed by atoms with Gasteiger partial charge in [0.1, 0.15) is 17.1 Å². The van der Waals surface area contributed by atoms with Crippen LogP contribution in [0, 0.1) is 5.92 Å². The largest absolute Gasteiger partial charge is 0.494 e. The summed E-state index contributed by atoms with van der Waals surface area (Å²) >= 11 is 6.06. The van der Waals surface area contributed by atoms with Crippen LogP contribution in [0.15, 0.2) is 42.7 Å². The van der Waals surface area contributed by atoms with Crippen LogP contribution in [0.2, 0.25) is 5.02 Å². The van der Waals surface area contributed by atoms with Gasteiger partial charge in [0.05, 0.1) is 23.4 Å². The first-order valence-corrected chi connectivity index (χ1v) is 10.4. The van der Waals surface area contributed by atoms with Crippen molar-refractivity contribution in [3.8, 4) is 5.75 Å². The number of hydrogen-bond donors (Lipinski definition) is 1. The molecule has 0 atom stereocenters. The van der Waals surface area contributed by atoms with E-state index in [1.807, 2.05) is 6.07 Å². The molecule has 1 amide bonds. The molecule has 0 bridgehead atoms. The van der Waals surface area contributed by atoms with E-state index in [0.717, 1.165) is 17.6 Å². The maximum atomic E-state index is 12.9. The Labute approximate surface area is 187 Å². The maximum Gasteiger partial charge on any atom is 0.417 e. The number of anilines is 2. The van der Waals surface area contributed by atoms with Crippen molar-refractivity contribution in [1.82, 2.24) is 9.97 Å². The molecule has 3 aromatic rings. The van der Waals surface area contributed by atoms with Crippen molar-refractivity contribution < 1.29 is 22.7 Å². The molecular weight excluding hydrogens is 445 g/mol. The number of hydrogen-bond acceptors (Lipinski definition) is 5. The molecule has 1 aliphatic rings. The van der Waals surface area contributed by atoms with Crippen molar-refractivity contribution in [2.75, 3.05) is 30.4 Å². The molecule has 0 unspecified atom stereocenters. The maximum absolute atomic E-state index is 12.9. The summed E-state index contributed by atoms with van der Waals surface area (Å²) in [4.78, 5) is 22.9. The van der Waals surface area contributed by atoms with Crippen LogP contribution < -0.4 is 15.0 Å². The molecular formula is C22H20ClF3N4O2. The molecule has 0 aliphatic carbocycles. The summed E-state index contributed by atoms with van der Waals surface area (Å²) in [6.45, 7) is 0.919. The zero-order chi connectivity index (χ0) is 22.9. The smallest absolute Gasteiger partial charge is 0.417 e. The monoisotopic (exact) mass is 464 g/mol. The van der Waals surface area contributed by atoms with Gasteiger partial charge in [0.2, 0.25) is 5.91 Å². The molecule has 168 valence electrons. The summed E-state index contributed by atoms with van der Waals surface area (Å²) in [5.41, 5.74) is 0.418. The van der Waals surface area contributed by atoms with Gasteiger partial charge in [0.25, 0.3) is 0 Å². The zero-order valence-corrected chi connectivity index (χ0v) is 17.9. The van der Waals surface area contributed by atoms with E-state index in [2.05, 4.69) is 15.3 Å². The normalized spacial score (nSPS) is 15.1. The van der Waals surface area contributed by atoms with Crippen LogP contribution in [0.1, 0.15) is 18.4 Å². The van der Waals surface area contributed by atoms with E-state index >= 15 is 0 Å². The summed E-state index contributed by atoms with van der Waals surface area (Å²) in [6.07, 6.45) is -1.01. The molecule has 6 nitrogen and oxygen atoms in total. The van der Waals surface area contributed by atoms with Gasteiger partial charge in [-0.2, -0.15) is 13.2 Å². The van der Waals surface area contributed by atoms with Crippen molar-refractivity contribution in [3.05, 3.63) is 53.3 Å². The summed E-state index contributed by atoms with van der Waals surface area (Å²) in [7, 11) is 1.56. The Balaban J connectivity index is 1.43. The van der Waals surface area contributed by atoms with Gasteiger partial charge < -0.3 is 15.0 Å². The molecule has 0 saturated carbocycles. The van der Waals surface area contributed by atoms with Crippen molar-refractivity contribution >= 4 is 39.9 Å². The molecule has 10 heteroatoms. The number of carbonyl (C=O) groups excluding carboxylic acids is 1. The lowest BCUT2D eigenvalue weighted by Crippen LogP contribution is -2.38. The predicted molar refractivity (Wildman–Crippen MR) is 116 cm³/mol. The molecule has 1 aliphatic heterocycles. The van der Waals surface area contributed by atoms with Crippen LogP contribution in [0.3, 0.4) is 0 Å². The highest BCUT2D eigenvalue weighted by Crippen LogP contribution is 2.35. The van der Waals surface area contributed by atoms with Crippen LogP contribution in [-0.2, 0) is 11.0 Å². The second kappa shape index (κ2) is 8.82. The first-order chi connectivity index (χ1) is 15.3. The lowest BCUT2D eigenvalue weighted by atomic mass is 9.95. The Hall–Kier alpha value is -3.07. The summed E-state index contributed by atoms with van der Waals surface area (Å²) in [5, 5.41) is 3.70. The van der Waals surface area contributed by atoms with E-state index in [-0.39, 0.29) is 16.8 Å². The van der Waals surface area contributed by atoms with Crippen molar-refractivity contribution in [3.63, 3.8) is 0 Å². The number of nitrogens with one attached hydrogen (secondary N) is 1.